The molecule has 1 heterocycles. The molecule has 0 saturated carbocycles. The van der Waals surface area contributed by atoms with Gasteiger partial charge in [-0.05, 0) is 12.1 Å². The zero-order chi connectivity index (χ0) is 9.26. The van der Waals surface area contributed by atoms with Crippen LogP contribution in [0.25, 0.3) is 11.3 Å². The maximum absolute atomic E-state index is 5.84. The summed E-state index contributed by atoms with van der Waals surface area (Å²) >= 11 is 11.6. The SMILES string of the molecule is Clc1ccc(-c2cocn2)cc1Cl. The van der Waals surface area contributed by atoms with E-state index < -0.39 is 0 Å². The van der Waals surface area contributed by atoms with Gasteiger partial charge in [0.25, 0.3) is 0 Å². The van der Waals surface area contributed by atoms with Crippen molar-refractivity contribution >= 4 is 23.2 Å². The summed E-state index contributed by atoms with van der Waals surface area (Å²) in [5.74, 6) is 0. The summed E-state index contributed by atoms with van der Waals surface area (Å²) in [4.78, 5) is 3.99. The van der Waals surface area contributed by atoms with E-state index in [0.717, 1.165) is 11.3 Å². The molecule has 0 saturated heterocycles. The van der Waals surface area contributed by atoms with Crippen LogP contribution in [0.3, 0.4) is 0 Å². The Balaban J connectivity index is 2.49. The zero-order valence-corrected chi connectivity index (χ0v) is 8.01. The van der Waals surface area contributed by atoms with E-state index in [4.69, 9.17) is 27.6 Å². The number of rotatable bonds is 1. The van der Waals surface area contributed by atoms with E-state index in [1.807, 2.05) is 6.07 Å². The number of aromatic nitrogens is 1. The highest BCUT2D eigenvalue weighted by molar-refractivity contribution is 6.42. The summed E-state index contributed by atoms with van der Waals surface area (Å²) in [6.45, 7) is 0. The fourth-order valence-electron chi connectivity index (χ4n) is 1.01. The summed E-state index contributed by atoms with van der Waals surface area (Å²) in [6, 6.07) is 5.32. The Labute approximate surface area is 85.1 Å². The highest BCUT2D eigenvalue weighted by atomic mass is 35.5. The molecule has 66 valence electrons. The van der Waals surface area contributed by atoms with Crippen molar-refractivity contribution in [3.8, 4) is 11.3 Å². The highest BCUT2D eigenvalue weighted by Gasteiger charge is 2.03. The molecule has 2 rings (SSSR count). The molecule has 0 unspecified atom stereocenters. The fraction of sp³-hybridized carbons (Fsp3) is 0. The van der Waals surface area contributed by atoms with Crippen LogP contribution in [0.15, 0.2) is 35.3 Å². The van der Waals surface area contributed by atoms with E-state index >= 15 is 0 Å². The summed E-state index contributed by atoms with van der Waals surface area (Å²) in [7, 11) is 0. The Bertz CT molecular complexity index is 412. The molecule has 0 bridgehead atoms. The average molecular weight is 214 g/mol. The van der Waals surface area contributed by atoms with Gasteiger partial charge in [0, 0.05) is 5.56 Å². The lowest BCUT2D eigenvalue weighted by atomic mass is 10.2. The van der Waals surface area contributed by atoms with Crippen molar-refractivity contribution in [2.45, 2.75) is 0 Å². The molecule has 0 spiro atoms. The minimum absolute atomic E-state index is 0.516. The van der Waals surface area contributed by atoms with Gasteiger partial charge in [0.1, 0.15) is 12.0 Å². The van der Waals surface area contributed by atoms with Gasteiger partial charge in [-0.15, -0.1) is 0 Å². The number of hydrogen-bond donors (Lipinski definition) is 0. The molecule has 1 aromatic heterocycles. The van der Waals surface area contributed by atoms with Crippen LogP contribution in [0.4, 0.5) is 0 Å². The molecule has 4 heteroatoms. The monoisotopic (exact) mass is 213 g/mol. The third kappa shape index (κ3) is 1.69. The summed E-state index contributed by atoms with van der Waals surface area (Å²) < 4.78 is 4.85. The minimum Gasteiger partial charge on any atom is -0.451 e. The zero-order valence-electron chi connectivity index (χ0n) is 6.50. The molecule has 1 aromatic carbocycles. The van der Waals surface area contributed by atoms with Crippen molar-refractivity contribution < 1.29 is 4.42 Å². The Morgan fingerprint density at radius 1 is 1.15 bits per heavy atom. The maximum atomic E-state index is 5.84. The van der Waals surface area contributed by atoms with Crippen molar-refractivity contribution in [1.82, 2.24) is 4.98 Å². The summed E-state index contributed by atoms with van der Waals surface area (Å²) in [5.41, 5.74) is 1.64. The third-order valence-corrected chi connectivity index (χ3v) is 2.39. The van der Waals surface area contributed by atoms with Gasteiger partial charge < -0.3 is 4.42 Å². The molecular weight excluding hydrogens is 209 g/mol. The first-order valence-electron chi connectivity index (χ1n) is 3.61. The summed E-state index contributed by atoms with van der Waals surface area (Å²) in [6.07, 6.45) is 2.93. The fourth-order valence-corrected chi connectivity index (χ4v) is 1.31. The molecular formula is C9H5Cl2NO. The van der Waals surface area contributed by atoms with Gasteiger partial charge >= 0.3 is 0 Å². The second-order valence-corrected chi connectivity index (χ2v) is 3.32. The quantitative estimate of drug-likeness (QED) is 0.723. The lowest BCUT2D eigenvalue weighted by molar-refractivity contribution is 0.558. The normalized spacial score (nSPS) is 10.3. The first-order chi connectivity index (χ1) is 6.27. The lowest BCUT2D eigenvalue weighted by Gasteiger charge is -1.98. The van der Waals surface area contributed by atoms with E-state index in [2.05, 4.69) is 4.98 Å². The first-order valence-corrected chi connectivity index (χ1v) is 4.36. The van der Waals surface area contributed by atoms with Crippen molar-refractivity contribution in [3.05, 3.63) is 40.9 Å². The molecule has 0 N–H and O–H groups in total. The Morgan fingerprint density at radius 2 is 2.00 bits per heavy atom. The van der Waals surface area contributed by atoms with E-state index in [9.17, 15) is 0 Å². The van der Waals surface area contributed by atoms with Crippen LogP contribution in [0.5, 0.6) is 0 Å². The van der Waals surface area contributed by atoms with E-state index in [1.54, 1.807) is 18.4 Å². The second kappa shape index (κ2) is 3.40. The topological polar surface area (TPSA) is 26.0 Å². The van der Waals surface area contributed by atoms with Crippen LogP contribution in [-0.2, 0) is 0 Å². The van der Waals surface area contributed by atoms with E-state index in [0.29, 0.717) is 10.0 Å². The molecule has 2 nitrogen and oxygen atoms in total. The third-order valence-electron chi connectivity index (χ3n) is 1.65. The largest absolute Gasteiger partial charge is 0.451 e. The maximum Gasteiger partial charge on any atom is 0.181 e. The predicted octanol–water partition coefficient (Wildman–Crippen LogP) is 3.65. The highest BCUT2D eigenvalue weighted by Crippen LogP contribution is 2.27. The lowest BCUT2D eigenvalue weighted by Crippen LogP contribution is -1.77. The standard InChI is InChI=1S/C9H5Cl2NO/c10-7-2-1-6(3-8(7)11)9-4-13-5-12-9/h1-5H. The first kappa shape index (κ1) is 8.60. The van der Waals surface area contributed by atoms with Crippen LogP contribution < -0.4 is 0 Å². The number of hydrogen-bond acceptors (Lipinski definition) is 2. The second-order valence-electron chi connectivity index (χ2n) is 2.50. The van der Waals surface area contributed by atoms with Gasteiger partial charge in [-0.1, -0.05) is 29.3 Å². The molecule has 0 amide bonds. The molecule has 2 aromatic rings. The molecule has 0 atom stereocenters. The van der Waals surface area contributed by atoms with Crippen molar-refractivity contribution in [3.63, 3.8) is 0 Å². The number of nitrogens with zero attached hydrogens (tertiary/aromatic N) is 1. The van der Waals surface area contributed by atoms with Gasteiger partial charge in [0.15, 0.2) is 6.39 Å². The van der Waals surface area contributed by atoms with Crippen LogP contribution in [0.2, 0.25) is 10.0 Å². The van der Waals surface area contributed by atoms with Gasteiger partial charge in [-0.2, -0.15) is 0 Å². The minimum atomic E-state index is 0.516. The summed E-state index contributed by atoms with van der Waals surface area (Å²) in [5, 5.41) is 1.05. The Kier molecular flexibility index (Phi) is 2.25. The molecule has 0 aliphatic heterocycles. The van der Waals surface area contributed by atoms with Crippen molar-refractivity contribution in [2.24, 2.45) is 0 Å². The predicted molar refractivity (Wildman–Crippen MR) is 52.0 cm³/mol. The Hall–Kier alpha value is -0.990. The van der Waals surface area contributed by atoms with Crippen molar-refractivity contribution in [1.29, 1.82) is 0 Å². The molecule has 0 aliphatic carbocycles. The smallest absolute Gasteiger partial charge is 0.181 e. The molecule has 13 heavy (non-hydrogen) atoms. The number of benzene rings is 1. The van der Waals surface area contributed by atoms with Gasteiger partial charge in [-0.3, -0.25) is 0 Å². The number of oxazole rings is 1. The van der Waals surface area contributed by atoms with Crippen molar-refractivity contribution in [2.75, 3.05) is 0 Å². The van der Waals surface area contributed by atoms with Crippen LogP contribution >= 0.6 is 23.2 Å². The van der Waals surface area contributed by atoms with Crippen LogP contribution in [0.1, 0.15) is 0 Å². The average Bonchev–Trinajstić information content (AvgIpc) is 2.62. The molecule has 0 radical (unpaired) electrons. The molecule has 0 aliphatic rings. The Morgan fingerprint density at radius 3 is 2.62 bits per heavy atom. The van der Waals surface area contributed by atoms with Gasteiger partial charge in [-0.25, -0.2) is 4.98 Å². The molecule has 0 fully saturated rings. The van der Waals surface area contributed by atoms with Gasteiger partial charge in [0.2, 0.25) is 0 Å². The number of halogens is 2. The van der Waals surface area contributed by atoms with Crippen LogP contribution in [0, 0.1) is 0 Å². The van der Waals surface area contributed by atoms with E-state index in [1.165, 1.54) is 6.39 Å². The van der Waals surface area contributed by atoms with Gasteiger partial charge in [0.05, 0.1) is 10.0 Å². The van der Waals surface area contributed by atoms with Crippen LogP contribution in [-0.4, -0.2) is 4.98 Å². The van der Waals surface area contributed by atoms with E-state index in [-0.39, 0.29) is 0 Å².